The molecule has 0 atom stereocenters. The smallest absolute Gasteiger partial charge is 0.213 e. The monoisotopic (exact) mass is 250 g/mol. The van der Waals surface area contributed by atoms with Crippen molar-refractivity contribution in [3.05, 3.63) is 18.3 Å². The third-order valence-electron chi connectivity index (χ3n) is 3.50. The lowest BCUT2D eigenvalue weighted by atomic mass is 9.88. The number of rotatable bonds is 6. The fourth-order valence-corrected chi connectivity index (χ4v) is 2.11. The van der Waals surface area contributed by atoms with Gasteiger partial charge in [0.1, 0.15) is 11.9 Å². The van der Waals surface area contributed by atoms with Crippen LogP contribution < -0.4 is 9.47 Å². The van der Waals surface area contributed by atoms with Crippen molar-refractivity contribution in [2.75, 3.05) is 20.2 Å². The van der Waals surface area contributed by atoms with E-state index in [9.17, 15) is 0 Å². The lowest BCUT2D eigenvalue weighted by Crippen LogP contribution is -2.47. The van der Waals surface area contributed by atoms with Gasteiger partial charge in [-0.25, -0.2) is 4.98 Å². The molecule has 18 heavy (non-hydrogen) atoms. The Morgan fingerprint density at radius 2 is 2.11 bits per heavy atom. The van der Waals surface area contributed by atoms with Gasteiger partial charge in [-0.05, 0) is 26.6 Å². The summed E-state index contributed by atoms with van der Waals surface area (Å²) >= 11 is 0. The fourth-order valence-electron chi connectivity index (χ4n) is 2.11. The van der Waals surface area contributed by atoms with Gasteiger partial charge in [0.15, 0.2) is 0 Å². The molecule has 4 nitrogen and oxygen atoms in total. The quantitative estimate of drug-likeness (QED) is 0.776. The average Bonchev–Trinajstić information content (AvgIpc) is 2.35. The molecule has 0 unspecified atom stereocenters. The van der Waals surface area contributed by atoms with Crippen molar-refractivity contribution in [2.24, 2.45) is 0 Å². The maximum Gasteiger partial charge on any atom is 0.213 e. The highest BCUT2D eigenvalue weighted by atomic mass is 16.5. The highest BCUT2D eigenvalue weighted by Crippen LogP contribution is 2.28. The summed E-state index contributed by atoms with van der Waals surface area (Å²) in [6.07, 6.45) is 4.22. The lowest BCUT2D eigenvalue weighted by molar-refractivity contribution is 0.0286. The van der Waals surface area contributed by atoms with Gasteiger partial charge in [0.05, 0.1) is 12.8 Å². The van der Waals surface area contributed by atoms with Crippen molar-refractivity contribution >= 4 is 0 Å². The van der Waals surface area contributed by atoms with E-state index in [1.165, 1.54) is 0 Å². The molecule has 2 rings (SSSR count). The minimum absolute atomic E-state index is 0.314. The Morgan fingerprint density at radius 1 is 1.33 bits per heavy atom. The van der Waals surface area contributed by atoms with Gasteiger partial charge < -0.3 is 14.4 Å². The summed E-state index contributed by atoms with van der Waals surface area (Å²) in [5, 5.41) is 0. The lowest BCUT2D eigenvalue weighted by Gasteiger charge is -2.40. The van der Waals surface area contributed by atoms with Gasteiger partial charge in [0, 0.05) is 24.9 Å². The van der Waals surface area contributed by atoms with Crippen LogP contribution in [0.2, 0.25) is 0 Å². The number of pyridine rings is 1. The highest BCUT2D eigenvalue weighted by Gasteiger charge is 2.33. The first-order valence-corrected chi connectivity index (χ1v) is 6.68. The summed E-state index contributed by atoms with van der Waals surface area (Å²) in [5.74, 6) is 1.49. The molecule has 0 bridgehead atoms. The summed E-state index contributed by atoms with van der Waals surface area (Å²) < 4.78 is 11.2. The molecule has 1 saturated carbocycles. The molecule has 0 aromatic carbocycles. The highest BCUT2D eigenvalue weighted by molar-refractivity contribution is 5.23. The number of nitrogens with zero attached hydrogens (tertiary/aromatic N) is 2. The summed E-state index contributed by atoms with van der Waals surface area (Å²) in [4.78, 5) is 6.61. The van der Waals surface area contributed by atoms with Gasteiger partial charge in [-0.15, -0.1) is 0 Å². The topological polar surface area (TPSA) is 34.6 Å². The molecule has 0 aliphatic heterocycles. The van der Waals surface area contributed by atoms with Crippen LogP contribution in [0.5, 0.6) is 11.6 Å². The van der Waals surface area contributed by atoms with E-state index in [4.69, 9.17) is 9.47 Å². The summed E-state index contributed by atoms with van der Waals surface area (Å²) in [7, 11) is 2.16. The largest absolute Gasteiger partial charge is 0.492 e. The number of ether oxygens (including phenoxy) is 2. The van der Waals surface area contributed by atoms with E-state index in [2.05, 4.69) is 23.9 Å². The second-order valence-electron chi connectivity index (χ2n) is 4.70. The predicted molar refractivity (Wildman–Crippen MR) is 71.1 cm³/mol. The Labute approximate surface area is 109 Å². The van der Waals surface area contributed by atoms with Gasteiger partial charge in [0.2, 0.25) is 5.88 Å². The van der Waals surface area contributed by atoms with Crippen LogP contribution in [0.3, 0.4) is 0 Å². The molecule has 0 spiro atoms. The van der Waals surface area contributed by atoms with Crippen molar-refractivity contribution in [3.63, 3.8) is 0 Å². The van der Waals surface area contributed by atoms with Gasteiger partial charge >= 0.3 is 0 Å². The SMILES string of the molecule is CCOc1ccc(OC2CC(N(C)CC)C2)nc1. The molecule has 100 valence electrons. The van der Waals surface area contributed by atoms with Gasteiger partial charge in [-0.2, -0.15) is 0 Å². The summed E-state index contributed by atoms with van der Waals surface area (Å²) in [6.45, 7) is 5.90. The molecule has 4 heteroatoms. The van der Waals surface area contributed by atoms with Crippen LogP contribution in [0.15, 0.2) is 18.3 Å². The van der Waals surface area contributed by atoms with E-state index in [1.807, 2.05) is 19.1 Å². The van der Waals surface area contributed by atoms with Crippen molar-refractivity contribution in [2.45, 2.75) is 38.8 Å². The molecule has 1 aromatic heterocycles. The molecule has 0 N–H and O–H groups in total. The molecule has 0 amide bonds. The first kappa shape index (κ1) is 13.1. The maximum atomic E-state index is 5.82. The standard InChI is InChI=1S/C14H22N2O2/c1-4-16(3)11-8-13(9-11)18-14-7-6-12(10-15-14)17-5-2/h6-7,10-11,13H,4-5,8-9H2,1-3H3. The number of hydrogen-bond acceptors (Lipinski definition) is 4. The molecule has 1 aliphatic rings. The zero-order valence-electron chi connectivity index (χ0n) is 11.4. The molecule has 1 heterocycles. The van der Waals surface area contributed by atoms with Gasteiger partial charge in [0.25, 0.3) is 0 Å². The molecule has 1 fully saturated rings. The van der Waals surface area contributed by atoms with Crippen LogP contribution in [0.25, 0.3) is 0 Å². The number of hydrogen-bond donors (Lipinski definition) is 0. The summed E-state index contributed by atoms with van der Waals surface area (Å²) in [5.41, 5.74) is 0. The molecule has 1 aromatic rings. The van der Waals surface area contributed by atoms with Crippen LogP contribution in [0.1, 0.15) is 26.7 Å². The van der Waals surface area contributed by atoms with E-state index in [1.54, 1.807) is 6.20 Å². The van der Waals surface area contributed by atoms with Crippen LogP contribution >= 0.6 is 0 Å². The second kappa shape index (κ2) is 6.05. The van der Waals surface area contributed by atoms with E-state index in [-0.39, 0.29) is 0 Å². The average molecular weight is 250 g/mol. The molecule has 0 saturated heterocycles. The minimum Gasteiger partial charge on any atom is -0.492 e. The van der Waals surface area contributed by atoms with Crippen LogP contribution in [-0.2, 0) is 0 Å². The third-order valence-corrected chi connectivity index (χ3v) is 3.50. The van der Waals surface area contributed by atoms with Gasteiger partial charge in [-0.3, -0.25) is 0 Å². The van der Waals surface area contributed by atoms with Crippen molar-refractivity contribution < 1.29 is 9.47 Å². The van der Waals surface area contributed by atoms with E-state index < -0.39 is 0 Å². The fraction of sp³-hybridized carbons (Fsp3) is 0.643. The predicted octanol–water partition coefficient (Wildman–Crippen LogP) is 2.34. The Balaban J connectivity index is 1.78. The number of aromatic nitrogens is 1. The Hall–Kier alpha value is -1.29. The third kappa shape index (κ3) is 3.13. The molecular formula is C14H22N2O2. The van der Waals surface area contributed by atoms with E-state index >= 15 is 0 Å². The second-order valence-corrected chi connectivity index (χ2v) is 4.70. The Kier molecular flexibility index (Phi) is 4.42. The van der Waals surface area contributed by atoms with Crippen molar-refractivity contribution in [1.29, 1.82) is 0 Å². The Morgan fingerprint density at radius 3 is 2.67 bits per heavy atom. The molecule has 0 radical (unpaired) electrons. The normalized spacial score (nSPS) is 22.7. The van der Waals surface area contributed by atoms with E-state index in [0.29, 0.717) is 24.6 Å². The first-order chi connectivity index (χ1) is 8.72. The maximum absolute atomic E-state index is 5.82. The van der Waals surface area contributed by atoms with Gasteiger partial charge in [-0.1, -0.05) is 6.92 Å². The zero-order valence-corrected chi connectivity index (χ0v) is 11.4. The Bertz CT molecular complexity index is 361. The van der Waals surface area contributed by atoms with E-state index in [0.717, 1.165) is 25.1 Å². The van der Waals surface area contributed by atoms with Crippen molar-refractivity contribution in [3.8, 4) is 11.6 Å². The van der Waals surface area contributed by atoms with Crippen LogP contribution in [-0.4, -0.2) is 42.2 Å². The van der Waals surface area contributed by atoms with Crippen molar-refractivity contribution in [1.82, 2.24) is 9.88 Å². The van der Waals surface area contributed by atoms with Crippen LogP contribution in [0, 0.1) is 0 Å². The first-order valence-electron chi connectivity index (χ1n) is 6.68. The van der Waals surface area contributed by atoms with Crippen LogP contribution in [0.4, 0.5) is 0 Å². The zero-order chi connectivity index (χ0) is 13.0. The minimum atomic E-state index is 0.314. The molecular weight excluding hydrogens is 228 g/mol. The molecule has 1 aliphatic carbocycles. The summed E-state index contributed by atoms with van der Waals surface area (Å²) in [6, 6.07) is 4.45.